The van der Waals surface area contributed by atoms with Gasteiger partial charge in [-0.05, 0) is 54.1 Å². The molecule has 0 saturated carbocycles. The van der Waals surface area contributed by atoms with Gasteiger partial charge in [-0.25, -0.2) is 9.78 Å². The summed E-state index contributed by atoms with van der Waals surface area (Å²) < 4.78 is 7.82. The summed E-state index contributed by atoms with van der Waals surface area (Å²) in [6, 6.07) is 24.6. The summed E-state index contributed by atoms with van der Waals surface area (Å²) in [6.07, 6.45) is 1.60. The van der Waals surface area contributed by atoms with E-state index in [9.17, 15) is 9.59 Å². The molecule has 6 heteroatoms. The van der Waals surface area contributed by atoms with Crippen LogP contribution in [0.25, 0.3) is 27.5 Å². The Morgan fingerprint density at radius 2 is 1.73 bits per heavy atom. The number of hydrogen-bond acceptors (Lipinski definition) is 4. The predicted octanol–water partition coefficient (Wildman–Crippen LogP) is 6.32. The third-order valence-corrected chi connectivity index (χ3v) is 6.09. The van der Waals surface area contributed by atoms with Crippen LogP contribution < -0.4 is 0 Å². The minimum atomic E-state index is -0.472. The lowest BCUT2D eigenvalue weighted by molar-refractivity contribution is 0.0529. The molecule has 33 heavy (non-hydrogen) atoms. The number of ketones is 1. The van der Waals surface area contributed by atoms with Gasteiger partial charge in [0.25, 0.3) is 0 Å². The van der Waals surface area contributed by atoms with Crippen LogP contribution in [-0.2, 0) is 4.74 Å². The number of carbonyl (C=O) groups excluding carboxylic acids is 2. The Balaban J connectivity index is 1.70. The summed E-state index contributed by atoms with van der Waals surface area (Å²) in [7, 11) is 0. The Kier molecular flexibility index (Phi) is 5.52. The van der Waals surface area contributed by atoms with Crippen molar-refractivity contribution in [2.45, 2.75) is 6.92 Å². The molecule has 162 valence electrons. The third-order valence-electron chi connectivity index (χ3n) is 5.56. The fourth-order valence-corrected chi connectivity index (χ4v) is 4.25. The first kappa shape index (κ1) is 21.1. The first-order chi connectivity index (χ1) is 16.1. The van der Waals surface area contributed by atoms with Crippen LogP contribution in [0, 0.1) is 0 Å². The molecule has 0 radical (unpaired) electrons. The number of aromatic nitrogens is 2. The van der Waals surface area contributed by atoms with Crippen molar-refractivity contribution in [1.29, 1.82) is 0 Å². The van der Waals surface area contributed by atoms with Gasteiger partial charge in [0.05, 0.1) is 29.1 Å². The van der Waals surface area contributed by atoms with Crippen molar-refractivity contribution in [3.63, 3.8) is 0 Å². The summed E-state index contributed by atoms with van der Waals surface area (Å²) in [5.74, 6) is -0.673. The van der Waals surface area contributed by atoms with Crippen LogP contribution in [0.5, 0.6) is 0 Å². The number of fused-ring (bicyclic) bond motifs is 2. The second-order valence-electron chi connectivity index (χ2n) is 7.56. The van der Waals surface area contributed by atoms with Crippen LogP contribution >= 0.6 is 15.9 Å². The molecule has 2 heterocycles. The SMILES string of the molecule is CCOC(=O)c1cc(C(=O)c2ccc(Br)cc2)n2cnc(-c3cccc4ccccc34)cc12. The molecular formula is C27H19BrN2O3. The molecule has 0 bridgehead atoms. The zero-order chi connectivity index (χ0) is 22.9. The molecule has 2 aromatic heterocycles. The predicted molar refractivity (Wildman–Crippen MR) is 132 cm³/mol. The molecule has 0 aliphatic carbocycles. The molecule has 0 aliphatic heterocycles. The average Bonchev–Trinajstić information content (AvgIpc) is 3.23. The molecule has 0 unspecified atom stereocenters. The Bertz CT molecular complexity index is 1520. The van der Waals surface area contributed by atoms with Crippen LogP contribution in [0.2, 0.25) is 0 Å². The van der Waals surface area contributed by atoms with E-state index in [4.69, 9.17) is 4.74 Å². The fourth-order valence-electron chi connectivity index (χ4n) is 3.99. The van der Waals surface area contributed by atoms with Gasteiger partial charge in [0.15, 0.2) is 0 Å². The van der Waals surface area contributed by atoms with Crippen molar-refractivity contribution in [3.8, 4) is 11.3 Å². The van der Waals surface area contributed by atoms with Crippen LogP contribution in [0.15, 0.2) is 89.7 Å². The van der Waals surface area contributed by atoms with E-state index < -0.39 is 5.97 Å². The zero-order valence-corrected chi connectivity index (χ0v) is 19.4. The molecule has 0 fully saturated rings. The monoisotopic (exact) mass is 498 g/mol. The van der Waals surface area contributed by atoms with Crippen LogP contribution in [0.1, 0.15) is 33.3 Å². The lowest BCUT2D eigenvalue weighted by Gasteiger charge is -2.08. The highest BCUT2D eigenvalue weighted by Crippen LogP contribution is 2.30. The summed E-state index contributed by atoms with van der Waals surface area (Å²) in [5, 5.41) is 2.16. The number of halogens is 1. The first-order valence-electron chi connectivity index (χ1n) is 10.5. The van der Waals surface area contributed by atoms with E-state index >= 15 is 0 Å². The lowest BCUT2D eigenvalue weighted by atomic mass is 10.0. The van der Waals surface area contributed by atoms with E-state index in [1.807, 2.05) is 60.7 Å². The largest absolute Gasteiger partial charge is 0.462 e. The third kappa shape index (κ3) is 3.83. The van der Waals surface area contributed by atoms with E-state index in [1.54, 1.807) is 35.9 Å². The lowest BCUT2D eigenvalue weighted by Crippen LogP contribution is -2.05. The number of carbonyl (C=O) groups is 2. The van der Waals surface area contributed by atoms with E-state index in [0.717, 1.165) is 20.8 Å². The van der Waals surface area contributed by atoms with Gasteiger partial charge in [-0.3, -0.25) is 9.20 Å². The summed E-state index contributed by atoms with van der Waals surface area (Å²) >= 11 is 3.39. The molecule has 5 aromatic rings. The molecule has 0 saturated heterocycles. The van der Waals surface area contributed by atoms with Crippen molar-refractivity contribution >= 4 is 44.0 Å². The first-order valence-corrected chi connectivity index (χ1v) is 11.3. The van der Waals surface area contributed by atoms with Gasteiger partial charge in [-0.2, -0.15) is 0 Å². The maximum absolute atomic E-state index is 13.3. The maximum Gasteiger partial charge on any atom is 0.340 e. The summed E-state index contributed by atoms with van der Waals surface area (Å²) in [5.41, 5.74) is 3.45. The normalized spacial score (nSPS) is 11.1. The molecule has 3 aromatic carbocycles. The Hall–Kier alpha value is -3.77. The van der Waals surface area contributed by atoms with E-state index in [2.05, 4.69) is 20.9 Å². The maximum atomic E-state index is 13.3. The zero-order valence-electron chi connectivity index (χ0n) is 17.8. The van der Waals surface area contributed by atoms with Gasteiger partial charge in [0, 0.05) is 15.6 Å². The number of esters is 1. The van der Waals surface area contributed by atoms with Crippen LogP contribution in [0.4, 0.5) is 0 Å². The number of nitrogens with zero attached hydrogens (tertiary/aromatic N) is 2. The molecule has 0 atom stereocenters. The summed E-state index contributed by atoms with van der Waals surface area (Å²) in [6.45, 7) is 2.00. The highest BCUT2D eigenvalue weighted by Gasteiger charge is 2.22. The van der Waals surface area contributed by atoms with Crippen molar-refractivity contribution < 1.29 is 14.3 Å². The topological polar surface area (TPSA) is 60.7 Å². The van der Waals surface area contributed by atoms with E-state index in [1.165, 1.54) is 0 Å². The smallest absolute Gasteiger partial charge is 0.340 e. The molecule has 0 spiro atoms. The van der Waals surface area contributed by atoms with Crippen molar-refractivity contribution in [3.05, 3.63) is 106 Å². The number of benzene rings is 3. The second kappa shape index (κ2) is 8.64. The standard InChI is InChI=1S/C27H19BrN2O3/c1-2-33-27(32)22-14-25(26(31)18-10-12-19(28)13-11-18)30-16-29-23(15-24(22)30)21-9-5-7-17-6-3-4-8-20(17)21/h3-16H,2H2,1H3. The van der Waals surface area contributed by atoms with Gasteiger partial charge in [-0.1, -0.05) is 58.4 Å². The Labute approximate surface area is 198 Å². The van der Waals surface area contributed by atoms with E-state index in [-0.39, 0.29) is 12.4 Å². The quantitative estimate of drug-likeness (QED) is 0.210. The minimum Gasteiger partial charge on any atom is -0.462 e. The highest BCUT2D eigenvalue weighted by atomic mass is 79.9. The van der Waals surface area contributed by atoms with Gasteiger partial charge in [0.1, 0.15) is 6.33 Å². The molecule has 5 rings (SSSR count). The average molecular weight is 499 g/mol. The van der Waals surface area contributed by atoms with Gasteiger partial charge in [-0.15, -0.1) is 0 Å². The van der Waals surface area contributed by atoms with Crippen molar-refractivity contribution in [2.75, 3.05) is 6.61 Å². The summed E-state index contributed by atoms with van der Waals surface area (Å²) in [4.78, 5) is 30.7. The molecule has 0 aliphatic rings. The van der Waals surface area contributed by atoms with E-state index in [0.29, 0.717) is 28.0 Å². The fraction of sp³-hybridized carbons (Fsp3) is 0.0741. The number of hydrogen-bond donors (Lipinski definition) is 0. The molecule has 0 N–H and O–H groups in total. The van der Waals surface area contributed by atoms with Crippen LogP contribution in [0.3, 0.4) is 0 Å². The highest BCUT2D eigenvalue weighted by molar-refractivity contribution is 9.10. The molecular weight excluding hydrogens is 480 g/mol. The second-order valence-corrected chi connectivity index (χ2v) is 8.47. The van der Waals surface area contributed by atoms with Crippen molar-refractivity contribution in [1.82, 2.24) is 9.38 Å². The van der Waals surface area contributed by atoms with Gasteiger partial charge >= 0.3 is 5.97 Å². The van der Waals surface area contributed by atoms with Gasteiger partial charge in [0.2, 0.25) is 5.78 Å². The van der Waals surface area contributed by atoms with Gasteiger partial charge < -0.3 is 4.74 Å². The molecule has 0 amide bonds. The Morgan fingerprint density at radius 1 is 0.970 bits per heavy atom. The minimum absolute atomic E-state index is 0.201. The van der Waals surface area contributed by atoms with Crippen molar-refractivity contribution in [2.24, 2.45) is 0 Å². The van der Waals surface area contributed by atoms with Crippen LogP contribution in [-0.4, -0.2) is 27.7 Å². The number of rotatable bonds is 5. The molecule has 5 nitrogen and oxygen atoms in total. The number of ether oxygens (including phenoxy) is 1. The Morgan fingerprint density at radius 3 is 2.52 bits per heavy atom.